The summed E-state index contributed by atoms with van der Waals surface area (Å²) in [4.78, 5) is 23.5. The highest BCUT2D eigenvalue weighted by Crippen LogP contribution is 2.34. The molecule has 7 heteroatoms. The van der Waals surface area contributed by atoms with E-state index in [1.807, 2.05) is 0 Å². The third kappa shape index (κ3) is 11.1. The zero-order valence-electron chi connectivity index (χ0n) is 20.6. The third-order valence-corrected chi connectivity index (χ3v) is 5.90. The standard InChI is InChI=1S/C28H37F3O4/c1-2-3-4-5-6-7-8-9-10-11-12-13-14-15-16-17-26(32)34-22-18-19-23-24(28(29,30)31)21-27(33)35-25(23)20-22/h9-10,18-21H,2-8,11-17H2,1H3. The smallest absolute Gasteiger partial charge is 0.417 e. The van der Waals surface area contributed by atoms with Crippen LogP contribution in [0, 0.1) is 0 Å². The van der Waals surface area contributed by atoms with Crippen molar-refractivity contribution in [2.45, 2.75) is 103 Å². The number of benzene rings is 1. The highest BCUT2D eigenvalue weighted by molar-refractivity contribution is 5.83. The molecule has 2 aromatic rings. The number of hydrogen-bond donors (Lipinski definition) is 0. The number of halogens is 3. The van der Waals surface area contributed by atoms with E-state index < -0.39 is 23.3 Å². The maximum atomic E-state index is 13.1. The van der Waals surface area contributed by atoms with E-state index in [9.17, 15) is 22.8 Å². The van der Waals surface area contributed by atoms with Crippen LogP contribution in [0.3, 0.4) is 0 Å². The van der Waals surface area contributed by atoms with E-state index in [0.29, 0.717) is 12.5 Å². The number of carbonyl (C=O) groups is 1. The molecule has 4 nitrogen and oxygen atoms in total. The van der Waals surface area contributed by atoms with Gasteiger partial charge in [0.05, 0.1) is 5.56 Å². The van der Waals surface area contributed by atoms with Gasteiger partial charge < -0.3 is 9.15 Å². The van der Waals surface area contributed by atoms with Gasteiger partial charge in [0, 0.05) is 23.9 Å². The van der Waals surface area contributed by atoms with Crippen LogP contribution >= 0.6 is 0 Å². The molecule has 1 heterocycles. The topological polar surface area (TPSA) is 56.5 Å². The van der Waals surface area contributed by atoms with Gasteiger partial charge in [-0.2, -0.15) is 13.2 Å². The van der Waals surface area contributed by atoms with E-state index in [1.54, 1.807) is 0 Å². The lowest BCUT2D eigenvalue weighted by Gasteiger charge is -2.10. The van der Waals surface area contributed by atoms with Gasteiger partial charge in [0.2, 0.25) is 0 Å². The van der Waals surface area contributed by atoms with E-state index in [4.69, 9.17) is 9.15 Å². The molecule has 0 fully saturated rings. The minimum Gasteiger partial charge on any atom is -0.426 e. The van der Waals surface area contributed by atoms with Crippen LogP contribution in [0.25, 0.3) is 11.0 Å². The molecule has 0 saturated carbocycles. The molecule has 0 aliphatic carbocycles. The summed E-state index contributed by atoms with van der Waals surface area (Å²) in [5, 5.41) is -0.255. The Morgan fingerprint density at radius 2 is 1.49 bits per heavy atom. The van der Waals surface area contributed by atoms with Crippen LogP contribution < -0.4 is 10.4 Å². The summed E-state index contributed by atoms with van der Waals surface area (Å²) in [5.74, 6) is -0.408. The molecule has 0 radical (unpaired) electrons. The monoisotopic (exact) mass is 494 g/mol. The summed E-state index contributed by atoms with van der Waals surface area (Å²) in [5.41, 5.74) is -2.45. The predicted octanol–water partition coefficient (Wildman–Crippen LogP) is 8.75. The molecule has 35 heavy (non-hydrogen) atoms. The van der Waals surface area contributed by atoms with Gasteiger partial charge in [0.15, 0.2) is 0 Å². The van der Waals surface area contributed by atoms with Crippen LogP contribution in [0.1, 0.15) is 102 Å². The summed E-state index contributed by atoms with van der Waals surface area (Å²) in [7, 11) is 0. The normalized spacial score (nSPS) is 12.0. The van der Waals surface area contributed by atoms with Gasteiger partial charge in [0.25, 0.3) is 0 Å². The zero-order valence-corrected chi connectivity index (χ0v) is 20.6. The number of esters is 1. The van der Waals surface area contributed by atoms with E-state index >= 15 is 0 Å². The first-order chi connectivity index (χ1) is 16.8. The van der Waals surface area contributed by atoms with Gasteiger partial charge in [-0.1, -0.05) is 70.4 Å². The van der Waals surface area contributed by atoms with Gasteiger partial charge in [0.1, 0.15) is 11.3 Å². The second-order valence-corrected chi connectivity index (χ2v) is 8.94. The molecule has 0 unspecified atom stereocenters. The Hall–Kier alpha value is -2.57. The number of fused-ring (bicyclic) bond motifs is 1. The van der Waals surface area contributed by atoms with Crippen molar-refractivity contribution in [1.29, 1.82) is 0 Å². The average molecular weight is 495 g/mol. The van der Waals surface area contributed by atoms with E-state index in [0.717, 1.165) is 44.2 Å². The van der Waals surface area contributed by atoms with Crippen molar-refractivity contribution in [3.8, 4) is 5.75 Å². The fourth-order valence-electron chi connectivity index (χ4n) is 3.96. The van der Waals surface area contributed by atoms with Crippen LogP contribution in [-0.4, -0.2) is 5.97 Å². The Labute approximate surface area is 205 Å². The summed E-state index contributed by atoms with van der Waals surface area (Å²) in [6.07, 6.45) is 15.2. The van der Waals surface area contributed by atoms with Crippen LogP contribution in [0.2, 0.25) is 0 Å². The lowest BCUT2D eigenvalue weighted by Crippen LogP contribution is -2.11. The van der Waals surface area contributed by atoms with Crippen molar-refractivity contribution in [3.05, 3.63) is 52.4 Å². The van der Waals surface area contributed by atoms with E-state index in [-0.39, 0.29) is 23.1 Å². The third-order valence-electron chi connectivity index (χ3n) is 5.90. The molecule has 0 amide bonds. The van der Waals surface area contributed by atoms with Crippen LogP contribution in [0.5, 0.6) is 5.75 Å². The molecule has 1 aromatic carbocycles. The largest absolute Gasteiger partial charge is 0.426 e. The van der Waals surface area contributed by atoms with Crippen molar-refractivity contribution in [1.82, 2.24) is 0 Å². The molecular formula is C28H37F3O4. The molecule has 1 aromatic heterocycles. The van der Waals surface area contributed by atoms with Gasteiger partial charge in [-0.05, 0) is 44.2 Å². The molecular weight excluding hydrogens is 457 g/mol. The van der Waals surface area contributed by atoms with Crippen molar-refractivity contribution in [2.24, 2.45) is 0 Å². The molecule has 0 spiro atoms. The summed E-state index contributed by atoms with van der Waals surface area (Å²) < 4.78 is 49.4. The van der Waals surface area contributed by atoms with Crippen molar-refractivity contribution < 1.29 is 27.1 Å². The number of alkyl halides is 3. The minimum absolute atomic E-state index is 0.0534. The van der Waals surface area contributed by atoms with Gasteiger partial charge in [-0.25, -0.2) is 4.79 Å². The Balaban J connectivity index is 1.60. The summed E-state index contributed by atoms with van der Waals surface area (Å²) >= 11 is 0. The molecule has 0 saturated heterocycles. The van der Waals surface area contributed by atoms with Crippen LogP contribution in [0.4, 0.5) is 13.2 Å². The van der Waals surface area contributed by atoms with E-state index in [1.165, 1.54) is 51.0 Å². The van der Waals surface area contributed by atoms with Gasteiger partial charge >= 0.3 is 17.8 Å². The highest BCUT2D eigenvalue weighted by Gasteiger charge is 2.33. The Morgan fingerprint density at radius 3 is 2.11 bits per heavy atom. The Bertz CT molecular complexity index is 992. The average Bonchev–Trinajstić information content (AvgIpc) is 2.80. The van der Waals surface area contributed by atoms with Crippen molar-refractivity contribution in [3.63, 3.8) is 0 Å². The fourth-order valence-corrected chi connectivity index (χ4v) is 3.96. The van der Waals surface area contributed by atoms with Crippen LogP contribution in [0.15, 0.2) is 45.6 Å². The number of carbonyl (C=O) groups excluding carboxylic acids is 1. The lowest BCUT2D eigenvalue weighted by molar-refractivity contribution is -0.137. The van der Waals surface area contributed by atoms with Crippen LogP contribution in [-0.2, 0) is 11.0 Å². The second kappa shape index (κ2) is 15.4. The highest BCUT2D eigenvalue weighted by atomic mass is 19.4. The van der Waals surface area contributed by atoms with Gasteiger partial charge in [-0.3, -0.25) is 4.79 Å². The SMILES string of the molecule is CCCCCCCCC=CCCCCCCCC(=O)Oc1ccc2c(C(F)(F)F)cc(=O)oc2c1. The molecule has 0 bridgehead atoms. The first-order valence-corrected chi connectivity index (χ1v) is 12.8. The number of rotatable bonds is 16. The quantitative estimate of drug-likeness (QED) is 0.0769. The minimum atomic E-state index is -4.68. The number of hydrogen-bond acceptors (Lipinski definition) is 4. The molecule has 0 aliphatic rings. The second-order valence-electron chi connectivity index (χ2n) is 8.94. The number of allylic oxidation sites excluding steroid dienone is 2. The summed E-state index contributed by atoms with van der Waals surface area (Å²) in [6.45, 7) is 2.23. The molecule has 0 N–H and O–H groups in total. The maximum absolute atomic E-state index is 13.1. The first kappa shape index (κ1) is 28.7. The Morgan fingerprint density at radius 1 is 0.886 bits per heavy atom. The lowest BCUT2D eigenvalue weighted by atomic mass is 10.1. The van der Waals surface area contributed by atoms with Crippen molar-refractivity contribution in [2.75, 3.05) is 0 Å². The number of unbranched alkanes of at least 4 members (excludes halogenated alkanes) is 11. The first-order valence-electron chi connectivity index (χ1n) is 12.8. The maximum Gasteiger partial charge on any atom is 0.417 e. The molecule has 194 valence electrons. The zero-order chi connectivity index (χ0) is 25.5. The summed E-state index contributed by atoms with van der Waals surface area (Å²) in [6, 6.07) is 3.98. The molecule has 0 aliphatic heterocycles. The number of ether oxygens (including phenoxy) is 1. The van der Waals surface area contributed by atoms with Crippen molar-refractivity contribution >= 4 is 16.9 Å². The molecule has 0 atom stereocenters. The van der Waals surface area contributed by atoms with E-state index in [2.05, 4.69) is 19.1 Å². The molecule has 2 rings (SSSR count). The predicted molar refractivity (Wildman–Crippen MR) is 133 cm³/mol. The fraction of sp³-hybridized carbons (Fsp3) is 0.571. The van der Waals surface area contributed by atoms with Gasteiger partial charge in [-0.15, -0.1) is 0 Å². The Kier molecular flexibility index (Phi) is 12.6.